The third kappa shape index (κ3) is 4.36. The third-order valence-electron chi connectivity index (χ3n) is 12.3. The van der Waals surface area contributed by atoms with Crippen molar-refractivity contribution < 1.29 is 0 Å². The number of rotatable bonds is 3. The lowest BCUT2D eigenvalue weighted by Crippen LogP contribution is -2.40. The van der Waals surface area contributed by atoms with Crippen LogP contribution >= 0.6 is 0 Å². The minimum atomic E-state index is -0.405. The highest BCUT2D eigenvalue weighted by Crippen LogP contribution is 2.62. The Kier molecular flexibility index (Phi) is 6.58. The number of aromatic nitrogens is 1. The number of hydrogen-bond acceptors (Lipinski definition) is 1. The Morgan fingerprint density at radius 1 is 0.315 bits per heavy atom. The monoisotopic (exact) mass is 687 g/mol. The first-order chi connectivity index (χ1) is 26.5. The summed E-state index contributed by atoms with van der Waals surface area (Å²) in [6, 6.07) is 69.7. The van der Waals surface area contributed by atoms with E-state index in [4.69, 9.17) is 4.98 Å². The van der Waals surface area contributed by atoms with Crippen LogP contribution in [0.3, 0.4) is 0 Å². The molecular weight excluding hydrogens is 651 g/mol. The molecule has 254 valence electrons. The number of fused-ring (bicyclic) bond motifs is 11. The molecule has 0 saturated carbocycles. The molecule has 0 aliphatic heterocycles. The second kappa shape index (κ2) is 11.5. The van der Waals surface area contributed by atoms with E-state index in [-0.39, 0.29) is 5.41 Å². The fraction of sp³-hybridized carbons (Fsp3) is 0.0755. The lowest BCUT2D eigenvalue weighted by Gasteiger charge is -2.46. The molecule has 11 rings (SSSR count). The van der Waals surface area contributed by atoms with E-state index in [9.17, 15) is 0 Å². The van der Waals surface area contributed by atoms with Crippen LogP contribution in [0.1, 0.15) is 47.2 Å². The summed E-state index contributed by atoms with van der Waals surface area (Å²) < 4.78 is 0. The van der Waals surface area contributed by atoms with Crippen LogP contribution in [0.2, 0.25) is 0 Å². The molecule has 1 heteroatoms. The van der Waals surface area contributed by atoms with Crippen molar-refractivity contribution in [3.8, 4) is 44.8 Å². The van der Waals surface area contributed by atoms with E-state index < -0.39 is 5.41 Å². The molecule has 54 heavy (non-hydrogen) atoms. The predicted octanol–water partition coefficient (Wildman–Crippen LogP) is 13.4. The Balaban J connectivity index is 1.16. The number of hydrogen-bond donors (Lipinski definition) is 0. The highest BCUT2D eigenvalue weighted by Gasteiger charge is 2.53. The normalized spacial score (nSPS) is 14.4. The van der Waals surface area contributed by atoms with E-state index >= 15 is 0 Å². The highest BCUT2D eigenvalue weighted by molar-refractivity contribution is 5.92. The van der Waals surface area contributed by atoms with Crippen LogP contribution in [0.25, 0.3) is 66.3 Å². The topological polar surface area (TPSA) is 12.9 Å². The summed E-state index contributed by atoms with van der Waals surface area (Å²) in [5.74, 6) is 0. The van der Waals surface area contributed by atoms with Crippen LogP contribution in [0, 0.1) is 0 Å². The summed E-state index contributed by atoms with van der Waals surface area (Å²) >= 11 is 0. The molecule has 1 nitrogen and oxygen atoms in total. The quantitative estimate of drug-likeness (QED) is 0.180. The average molecular weight is 688 g/mol. The first-order valence-electron chi connectivity index (χ1n) is 19.0. The summed E-state index contributed by atoms with van der Waals surface area (Å²) in [4.78, 5) is 5.37. The summed E-state index contributed by atoms with van der Waals surface area (Å²) in [7, 11) is 0. The predicted molar refractivity (Wildman–Crippen MR) is 225 cm³/mol. The van der Waals surface area contributed by atoms with Crippen molar-refractivity contribution in [2.75, 3.05) is 0 Å². The van der Waals surface area contributed by atoms with Crippen LogP contribution in [-0.2, 0) is 10.8 Å². The molecule has 0 bridgehead atoms. The molecule has 2 aliphatic rings. The van der Waals surface area contributed by atoms with Crippen molar-refractivity contribution >= 4 is 21.5 Å². The molecule has 0 unspecified atom stereocenters. The van der Waals surface area contributed by atoms with Crippen molar-refractivity contribution in [2.24, 2.45) is 0 Å². The van der Waals surface area contributed by atoms with Gasteiger partial charge in [0, 0.05) is 16.5 Å². The average Bonchev–Trinajstić information content (AvgIpc) is 3.53. The molecule has 0 saturated heterocycles. The molecule has 0 fully saturated rings. The zero-order valence-electron chi connectivity index (χ0n) is 30.3. The minimum Gasteiger partial charge on any atom is -0.248 e. The molecule has 1 aromatic heterocycles. The fourth-order valence-corrected chi connectivity index (χ4v) is 9.72. The van der Waals surface area contributed by atoms with Gasteiger partial charge in [-0.2, -0.15) is 0 Å². The largest absolute Gasteiger partial charge is 0.248 e. The van der Waals surface area contributed by atoms with Gasteiger partial charge in [-0.3, -0.25) is 0 Å². The second-order valence-electron chi connectivity index (χ2n) is 15.5. The molecule has 1 heterocycles. The minimum absolute atomic E-state index is 0.227. The van der Waals surface area contributed by atoms with Gasteiger partial charge in [0.25, 0.3) is 0 Å². The summed E-state index contributed by atoms with van der Waals surface area (Å²) in [6.45, 7) is 4.81. The maximum absolute atomic E-state index is 5.37. The van der Waals surface area contributed by atoms with Crippen molar-refractivity contribution in [1.82, 2.24) is 4.98 Å². The molecule has 0 radical (unpaired) electrons. The third-order valence-corrected chi connectivity index (χ3v) is 12.3. The van der Waals surface area contributed by atoms with Gasteiger partial charge in [0.2, 0.25) is 0 Å². The van der Waals surface area contributed by atoms with Crippen LogP contribution in [0.5, 0.6) is 0 Å². The van der Waals surface area contributed by atoms with E-state index in [0.29, 0.717) is 0 Å². The molecule has 9 aromatic rings. The molecule has 0 N–H and O–H groups in total. The number of pyridine rings is 1. The van der Waals surface area contributed by atoms with Crippen LogP contribution in [0.4, 0.5) is 0 Å². The van der Waals surface area contributed by atoms with E-state index in [0.717, 1.165) is 28.1 Å². The maximum atomic E-state index is 5.37. The molecule has 1 spiro atoms. The number of benzene rings is 8. The van der Waals surface area contributed by atoms with Gasteiger partial charge in [-0.1, -0.05) is 172 Å². The Labute approximate surface area is 316 Å². The summed E-state index contributed by atoms with van der Waals surface area (Å²) in [5, 5.41) is 4.89. The number of nitrogens with zero attached hydrogens (tertiary/aromatic N) is 1. The molecule has 0 amide bonds. The van der Waals surface area contributed by atoms with Crippen LogP contribution in [0.15, 0.2) is 188 Å². The Morgan fingerprint density at radius 2 is 0.759 bits per heavy atom. The smallest absolute Gasteiger partial charge is 0.0719 e. The van der Waals surface area contributed by atoms with Crippen LogP contribution < -0.4 is 0 Å². The van der Waals surface area contributed by atoms with Crippen LogP contribution in [-0.4, -0.2) is 4.98 Å². The van der Waals surface area contributed by atoms with Gasteiger partial charge in [-0.05, 0) is 108 Å². The van der Waals surface area contributed by atoms with Crippen molar-refractivity contribution in [3.05, 3.63) is 221 Å². The lowest BCUT2D eigenvalue weighted by molar-refractivity contribution is 0.563. The second-order valence-corrected chi connectivity index (χ2v) is 15.5. The van der Waals surface area contributed by atoms with Crippen molar-refractivity contribution in [2.45, 2.75) is 24.7 Å². The molecular formula is C53H37N. The molecule has 2 aliphatic carbocycles. The lowest BCUT2D eigenvalue weighted by atomic mass is 9.55. The van der Waals surface area contributed by atoms with E-state index in [2.05, 4.69) is 202 Å². The standard InChI is InChI=1S/C53H37N/c1-52(2)46-21-11-12-22-47(46)53(44-19-9-7-17-42(44)43-18-8-10-20-45(43)53)48-28-27-38(31-49(48)52)41-32-50(39-25-23-34-13-3-5-15-36(34)29-39)54-51(33-41)40-26-24-35-14-4-6-16-37(35)30-40/h3-33H,1-2H3. The van der Waals surface area contributed by atoms with E-state index in [1.54, 1.807) is 0 Å². The summed E-state index contributed by atoms with van der Waals surface area (Å²) in [5.41, 5.74) is 16.8. The van der Waals surface area contributed by atoms with Gasteiger partial charge < -0.3 is 0 Å². The molecule has 8 aromatic carbocycles. The summed E-state index contributed by atoms with van der Waals surface area (Å²) in [6.07, 6.45) is 0. The molecule has 0 atom stereocenters. The first kappa shape index (κ1) is 31.0. The van der Waals surface area contributed by atoms with Gasteiger partial charge in [0.05, 0.1) is 16.8 Å². The van der Waals surface area contributed by atoms with Crippen molar-refractivity contribution in [3.63, 3.8) is 0 Å². The Morgan fingerprint density at radius 3 is 1.33 bits per heavy atom. The van der Waals surface area contributed by atoms with Gasteiger partial charge in [-0.25, -0.2) is 4.98 Å². The van der Waals surface area contributed by atoms with Gasteiger partial charge in [0.1, 0.15) is 0 Å². The SMILES string of the molecule is CC1(C)c2ccccc2C2(c3ccccc3-c3ccccc32)c2ccc(-c3cc(-c4ccc5ccccc5c4)nc(-c4ccc5ccccc5c4)c3)cc21. The maximum Gasteiger partial charge on any atom is 0.0719 e. The highest BCUT2D eigenvalue weighted by atomic mass is 14.7. The zero-order valence-corrected chi connectivity index (χ0v) is 30.3. The van der Waals surface area contributed by atoms with Crippen molar-refractivity contribution in [1.29, 1.82) is 0 Å². The Hall–Kier alpha value is -6.57. The van der Waals surface area contributed by atoms with Gasteiger partial charge in [0.15, 0.2) is 0 Å². The Bertz CT molecular complexity index is 2840. The first-order valence-corrected chi connectivity index (χ1v) is 19.0. The zero-order chi connectivity index (χ0) is 36.0. The van der Waals surface area contributed by atoms with Gasteiger partial charge in [-0.15, -0.1) is 0 Å². The fourth-order valence-electron chi connectivity index (χ4n) is 9.72. The van der Waals surface area contributed by atoms with E-state index in [1.807, 2.05) is 0 Å². The van der Waals surface area contributed by atoms with Gasteiger partial charge >= 0.3 is 0 Å². The van der Waals surface area contributed by atoms with E-state index in [1.165, 1.54) is 71.6 Å².